The number of carbonyl (C=O) groups excluding carboxylic acids is 2. The van der Waals surface area contributed by atoms with Gasteiger partial charge in [-0.15, -0.1) is 11.8 Å². The van der Waals surface area contributed by atoms with Crippen molar-refractivity contribution in [3.63, 3.8) is 0 Å². The van der Waals surface area contributed by atoms with Crippen molar-refractivity contribution in [1.29, 1.82) is 5.26 Å². The fourth-order valence-corrected chi connectivity index (χ4v) is 12.6. The summed E-state index contributed by atoms with van der Waals surface area (Å²) in [4.78, 5) is 32.4. The molecular formula is C45H48N4O11S. The van der Waals surface area contributed by atoms with Crippen molar-refractivity contribution in [2.24, 2.45) is 0 Å². The normalized spacial score (nSPS) is 29.8. The van der Waals surface area contributed by atoms with Crippen LogP contribution in [-0.4, -0.2) is 97.3 Å². The van der Waals surface area contributed by atoms with Crippen molar-refractivity contribution in [2.45, 2.75) is 93.7 Å². The molecule has 2 bridgehead atoms. The summed E-state index contributed by atoms with van der Waals surface area (Å²) in [5.74, 6) is 2.31. The van der Waals surface area contributed by atoms with Gasteiger partial charge < -0.3 is 43.0 Å². The van der Waals surface area contributed by atoms with Crippen LogP contribution in [0, 0.1) is 25.2 Å². The second kappa shape index (κ2) is 14.1. The first-order valence-electron chi connectivity index (χ1n) is 20.5. The van der Waals surface area contributed by atoms with E-state index >= 15 is 4.79 Å². The highest BCUT2D eigenvalue weighted by Gasteiger charge is 2.73. The number of carbonyl (C=O) groups is 2. The van der Waals surface area contributed by atoms with E-state index in [-0.39, 0.29) is 61.1 Å². The lowest BCUT2D eigenvalue weighted by Gasteiger charge is -2.55. The van der Waals surface area contributed by atoms with E-state index in [1.165, 1.54) is 7.11 Å². The predicted molar refractivity (Wildman–Crippen MR) is 221 cm³/mol. The minimum Gasteiger partial charge on any atom is -0.504 e. The number of phenolic OH excluding ortho intramolecular Hbond substituents is 1. The second-order valence-corrected chi connectivity index (χ2v) is 18.6. The Hall–Kier alpha value is -5.34. The summed E-state index contributed by atoms with van der Waals surface area (Å²) >= 11 is 1.56. The molecule has 0 radical (unpaired) electrons. The molecule has 3 saturated heterocycles. The molecule has 8 aliphatic heterocycles. The van der Waals surface area contributed by atoms with Gasteiger partial charge in [0.15, 0.2) is 40.0 Å². The van der Waals surface area contributed by atoms with Crippen molar-refractivity contribution < 1.29 is 52.6 Å². The summed E-state index contributed by atoms with van der Waals surface area (Å²) in [7, 11) is 3.03. The van der Waals surface area contributed by atoms with Crippen LogP contribution in [0.4, 0.5) is 4.79 Å². The third kappa shape index (κ3) is 5.66. The molecule has 4 unspecified atom stereocenters. The highest BCUT2D eigenvalue weighted by atomic mass is 32.2. The van der Waals surface area contributed by atoms with E-state index in [9.17, 15) is 15.2 Å². The lowest BCUT2D eigenvalue weighted by molar-refractivity contribution is -0.155. The minimum atomic E-state index is -1.38. The topological polar surface area (TPSA) is 170 Å². The van der Waals surface area contributed by atoms with Crippen LogP contribution in [0.3, 0.4) is 0 Å². The van der Waals surface area contributed by atoms with E-state index in [2.05, 4.69) is 33.8 Å². The number of esters is 1. The number of rotatable bonds is 6. The maximum absolute atomic E-state index is 15.0. The van der Waals surface area contributed by atoms with Crippen LogP contribution in [-0.2, 0) is 26.2 Å². The van der Waals surface area contributed by atoms with Crippen LogP contribution in [0.5, 0.6) is 40.2 Å². The second-order valence-electron chi connectivity index (χ2n) is 17.5. The number of aromatic hydroxyl groups is 1. The number of methoxy groups -OCH3 is 2. The maximum atomic E-state index is 15.0. The molecule has 320 valence electrons. The van der Waals surface area contributed by atoms with Gasteiger partial charge in [-0.2, -0.15) is 5.26 Å². The zero-order valence-electron chi connectivity index (χ0n) is 35.1. The van der Waals surface area contributed by atoms with E-state index in [0.29, 0.717) is 41.5 Å². The average Bonchev–Trinajstić information content (AvgIpc) is 3.56. The first-order valence-corrected chi connectivity index (χ1v) is 21.5. The first kappa shape index (κ1) is 39.8. The third-order valence-electron chi connectivity index (χ3n) is 13.2. The van der Waals surface area contributed by atoms with Crippen LogP contribution >= 0.6 is 11.8 Å². The molecule has 9 atom stereocenters. The first-order chi connectivity index (χ1) is 29.3. The molecule has 2 N–H and O–H groups in total. The molecular weight excluding hydrogens is 805 g/mol. The average molecular weight is 853 g/mol. The zero-order valence-corrected chi connectivity index (χ0v) is 35.9. The Morgan fingerprint density at radius 1 is 1.05 bits per heavy atom. The fourth-order valence-electron chi connectivity index (χ4n) is 10.9. The third-order valence-corrected chi connectivity index (χ3v) is 14.6. The molecule has 0 amide bonds. The Morgan fingerprint density at radius 3 is 2.56 bits per heavy atom. The summed E-state index contributed by atoms with van der Waals surface area (Å²) in [6.45, 7) is 13.6. The number of nitrogens with one attached hydrogen (secondary N) is 1. The van der Waals surface area contributed by atoms with Crippen molar-refractivity contribution in [2.75, 3.05) is 46.5 Å². The Morgan fingerprint density at radius 2 is 1.84 bits per heavy atom. The zero-order chi connectivity index (χ0) is 42.9. The number of hydrogen-bond acceptors (Lipinski definition) is 16. The van der Waals surface area contributed by atoms with Gasteiger partial charge in [0.05, 0.1) is 49.7 Å². The Bertz CT molecular complexity index is 2460. The molecule has 61 heavy (non-hydrogen) atoms. The lowest BCUT2D eigenvalue weighted by atomic mass is 9.76. The molecule has 3 aromatic carbocycles. The molecule has 3 aromatic rings. The highest BCUT2D eigenvalue weighted by Crippen LogP contribution is 2.72. The minimum absolute atomic E-state index is 0.00424. The molecule has 0 aliphatic carbocycles. The number of thioether (sulfide) groups is 1. The summed E-state index contributed by atoms with van der Waals surface area (Å²) < 4.78 is 48.3. The van der Waals surface area contributed by atoms with Gasteiger partial charge in [-0.05, 0) is 75.4 Å². The summed E-state index contributed by atoms with van der Waals surface area (Å²) in [5.41, 5.74) is 4.24. The van der Waals surface area contributed by atoms with Crippen molar-refractivity contribution in [3.8, 4) is 46.3 Å². The molecule has 11 rings (SSSR count). The van der Waals surface area contributed by atoms with E-state index in [4.69, 9.17) is 37.9 Å². The van der Waals surface area contributed by atoms with E-state index in [1.54, 1.807) is 57.9 Å². The van der Waals surface area contributed by atoms with Crippen LogP contribution in [0.2, 0.25) is 0 Å². The molecule has 8 heterocycles. The summed E-state index contributed by atoms with van der Waals surface area (Å²) in [6, 6.07) is 5.91. The Kier molecular flexibility index (Phi) is 9.19. The molecule has 1 spiro atoms. The van der Waals surface area contributed by atoms with Crippen molar-refractivity contribution in [1.82, 2.24) is 15.1 Å². The Balaban J connectivity index is 1.17. The number of benzene rings is 3. The van der Waals surface area contributed by atoms with Gasteiger partial charge in [0.2, 0.25) is 6.79 Å². The van der Waals surface area contributed by atoms with Crippen LogP contribution in [0.25, 0.3) is 0 Å². The predicted octanol–water partition coefficient (Wildman–Crippen LogP) is 6.12. The van der Waals surface area contributed by atoms with Gasteiger partial charge in [0, 0.05) is 40.6 Å². The lowest BCUT2D eigenvalue weighted by Crippen LogP contribution is -2.62. The number of aryl methyl sites for hydroxylation is 1. The van der Waals surface area contributed by atoms with Crippen molar-refractivity contribution >= 4 is 23.9 Å². The smallest absolute Gasteiger partial charge is 0.504 e. The number of nitriles is 1. The van der Waals surface area contributed by atoms with Gasteiger partial charge in [0.1, 0.15) is 30.6 Å². The van der Waals surface area contributed by atoms with Gasteiger partial charge >= 0.3 is 12.1 Å². The standard InChI is InChI=1S/C45H48N4O11S/c1-9-12-55-38-21(3)39-40(58-19-57-39)30-26-17-56-42(51)45(24-15-27(53-7)28(14-22(24)10-11-47-45)59-43(52)60-44(4,5)6)18-61-41(31(30)38)35-34-29-23(13-20(2)37(54-8)36(29)50)32-33(49(32)34)25(16-46)48(26)35/h9,13-15,25-26,32-35,41,47,50H,1,10-12,17-19H2,2-8H3/t25-,26-,32?,33?,34+,35?,41+,45+,49?/m0/s1. The largest absolute Gasteiger partial charge is 0.514 e. The molecule has 0 aromatic heterocycles. The number of nitrogens with zero attached hydrogens (tertiary/aromatic N) is 3. The van der Waals surface area contributed by atoms with Crippen LogP contribution in [0.15, 0.2) is 30.9 Å². The number of piperazine rings is 1. The van der Waals surface area contributed by atoms with Gasteiger partial charge in [-0.3, -0.25) is 15.1 Å². The highest BCUT2D eigenvalue weighted by molar-refractivity contribution is 7.99. The van der Waals surface area contributed by atoms with Gasteiger partial charge in [0.25, 0.3) is 0 Å². The summed E-state index contributed by atoms with van der Waals surface area (Å²) in [6.07, 6.45) is 1.34. The van der Waals surface area contributed by atoms with E-state index in [0.717, 1.165) is 38.9 Å². The number of fused-ring (bicyclic) bond motifs is 9. The molecule has 16 heteroatoms. The molecule has 15 nitrogen and oxygen atoms in total. The quantitative estimate of drug-likeness (QED) is 0.126. The van der Waals surface area contributed by atoms with E-state index < -0.39 is 46.6 Å². The number of phenols is 1. The van der Waals surface area contributed by atoms with E-state index in [1.807, 2.05) is 13.8 Å². The summed E-state index contributed by atoms with van der Waals surface area (Å²) in [5, 5.41) is 26.3. The van der Waals surface area contributed by atoms with Crippen LogP contribution < -0.4 is 33.7 Å². The molecule has 3 fully saturated rings. The van der Waals surface area contributed by atoms with Crippen LogP contribution in [0.1, 0.15) is 88.7 Å². The Labute approximate surface area is 357 Å². The molecule has 0 saturated carbocycles. The fraction of sp³-hybridized carbons (Fsp3) is 0.489. The number of hydrogen-bond donors (Lipinski definition) is 2. The molecule has 8 aliphatic rings. The maximum Gasteiger partial charge on any atom is 0.514 e. The monoisotopic (exact) mass is 852 g/mol. The van der Waals surface area contributed by atoms with Crippen molar-refractivity contribution in [3.05, 3.63) is 75.4 Å². The van der Waals surface area contributed by atoms with Gasteiger partial charge in [-0.25, -0.2) is 9.59 Å². The number of ether oxygens (including phenoxy) is 8. The van der Waals surface area contributed by atoms with Gasteiger partial charge in [-0.1, -0.05) is 18.7 Å². The SMILES string of the molecule is C=CCOc1c(C)c2c(c3c1[C@H]1SC[C@]4(NCCc5cc(OC(=O)OC(C)(C)C)c(OC)cc54)C(=O)OC[C@@H]3N3C1[C@H]1c4c(cc(C)c(OC)c4O)C4C([C@@H]3C#N)N41)OCO2.